The molecule has 0 aliphatic heterocycles. The number of carbonyl (C=O) groups is 1. The van der Waals surface area contributed by atoms with E-state index < -0.39 is 20.0 Å². The van der Waals surface area contributed by atoms with Crippen molar-refractivity contribution < 1.29 is 18.9 Å². The summed E-state index contributed by atoms with van der Waals surface area (Å²) in [4.78, 5) is 10.8. The van der Waals surface area contributed by atoms with Crippen molar-refractivity contribution in [2.75, 3.05) is 13.2 Å². The van der Waals surface area contributed by atoms with Crippen LogP contribution in [0.15, 0.2) is 0 Å². The smallest absolute Gasteiger partial charge is 0.315 e. The van der Waals surface area contributed by atoms with Crippen LogP contribution in [0.1, 0.15) is 27.2 Å². The molecule has 0 radical (unpaired) electrons. The molecule has 0 spiro atoms. The van der Waals surface area contributed by atoms with Crippen molar-refractivity contribution in [3.63, 3.8) is 0 Å². The second-order valence-electron chi connectivity index (χ2n) is 2.38. The van der Waals surface area contributed by atoms with Gasteiger partial charge in [0.25, 0.3) is 0 Å². The van der Waals surface area contributed by atoms with Crippen LogP contribution in [0, 0.1) is 0 Å². The molecule has 0 aromatic rings. The molecule has 0 saturated carbocycles. The highest BCUT2D eigenvalue weighted by Crippen LogP contribution is 2.45. The molecule has 0 aromatic carbocycles. The second kappa shape index (κ2) is 7.25. The Morgan fingerprint density at radius 2 is 1.77 bits per heavy atom. The Bertz CT molecular complexity index is 145. The predicted octanol–water partition coefficient (Wildman–Crippen LogP) is 2.23. The quantitative estimate of drug-likeness (QED) is 0.652. The summed E-state index contributed by atoms with van der Waals surface area (Å²) in [5.41, 5.74) is -0.505. The van der Waals surface area contributed by atoms with Crippen LogP contribution in [0.2, 0.25) is 0 Å². The van der Waals surface area contributed by atoms with Crippen LogP contribution in [-0.4, -0.2) is 29.9 Å². The Morgan fingerprint density at radius 3 is 2.00 bits per heavy atom. The molecule has 0 aliphatic rings. The molecule has 0 aliphatic carbocycles. The zero-order valence-electron chi connectivity index (χ0n) is 8.32. The summed E-state index contributed by atoms with van der Waals surface area (Å²) in [6, 6.07) is 0. The molecular formula is C8H17O4P. The van der Waals surface area contributed by atoms with Gasteiger partial charge in [0.05, 0.1) is 13.2 Å². The highest BCUT2D eigenvalue weighted by molar-refractivity contribution is 7.49. The van der Waals surface area contributed by atoms with E-state index in [2.05, 4.69) is 0 Å². The first-order valence-corrected chi connectivity index (χ1v) is 5.69. The SMILES string of the molecule is CCOP(OCC)C(CC)C(=O)O. The Morgan fingerprint density at radius 1 is 1.31 bits per heavy atom. The number of hydrogen-bond donors (Lipinski definition) is 1. The van der Waals surface area contributed by atoms with Crippen LogP contribution in [-0.2, 0) is 13.8 Å². The van der Waals surface area contributed by atoms with Gasteiger partial charge in [-0.2, -0.15) is 0 Å². The minimum Gasteiger partial charge on any atom is -0.481 e. The monoisotopic (exact) mass is 208 g/mol. The topological polar surface area (TPSA) is 55.8 Å². The molecule has 1 N–H and O–H groups in total. The van der Waals surface area contributed by atoms with Crippen LogP contribution >= 0.6 is 8.38 Å². The average molecular weight is 208 g/mol. The lowest BCUT2D eigenvalue weighted by Crippen LogP contribution is -2.19. The molecule has 1 unspecified atom stereocenters. The normalized spacial score (nSPS) is 13.2. The van der Waals surface area contributed by atoms with Crippen molar-refractivity contribution in [2.45, 2.75) is 32.9 Å². The first-order chi connectivity index (χ1) is 6.17. The molecule has 0 saturated heterocycles. The highest BCUT2D eigenvalue weighted by atomic mass is 31.2. The average Bonchev–Trinajstić information content (AvgIpc) is 2.05. The van der Waals surface area contributed by atoms with Crippen molar-refractivity contribution in [3.8, 4) is 0 Å². The molecule has 0 amide bonds. The molecule has 5 heteroatoms. The van der Waals surface area contributed by atoms with Gasteiger partial charge < -0.3 is 14.2 Å². The molecule has 4 nitrogen and oxygen atoms in total. The number of rotatable bonds is 7. The van der Waals surface area contributed by atoms with E-state index in [1.54, 1.807) is 0 Å². The Kier molecular flexibility index (Phi) is 7.14. The third-order valence-corrected chi connectivity index (χ3v) is 3.56. The molecule has 0 bridgehead atoms. The minimum absolute atomic E-state index is 0.496. The highest BCUT2D eigenvalue weighted by Gasteiger charge is 2.28. The summed E-state index contributed by atoms with van der Waals surface area (Å²) in [5.74, 6) is -0.837. The summed E-state index contributed by atoms with van der Waals surface area (Å²) in [6.45, 7) is 6.49. The molecule has 1 atom stereocenters. The number of carboxylic acid groups (broad SMARTS) is 1. The van der Waals surface area contributed by atoms with Gasteiger partial charge in [0.2, 0.25) is 0 Å². The maximum Gasteiger partial charge on any atom is 0.315 e. The Balaban J connectivity index is 4.20. The summed E-state index contributed by atoms with van der Waals surface area (Å²) < 4.78 is 10.5. The van der Waals surface area contributed by atoms with E-state index in [-0.39, 0.29) is 0 Å². The third-order valence-electron chi connectivity index (χ3n) is 1.44. The number of hydrogen-bond acceptors (Lipinski definition) is 3. The zero-order valence-corrected chi connectivity index (χ0v) is 9.21. The fourth-order valence-electron chi connectivity index (χ4n) is 0.886. The van der Waals surface area contributed by atoms with Crippen molar-refractivity contribution in [3.05, 3.63) is 0 Å². The maximum atomic E-state index is 10.8. The van der Waals surface area contributed by atoms with Gasteiger partial charge in [-0.15, -0.1) is 0 Å². The molecular weight excluding hydrogens is 191 g/mol. The molecule has 13 heavy (non-hydrogen) atoms. The lowest BCUT2D eigenvalue weighted by atomic mass is 10.3. The van der Waals surface area contributed by atoms with Crippen molar-refractivity contribution in [2.24, 2.45) is 0 Å². The van der Waals surface area contributed by atoms with Crippen molar-refractivity contribution in [1.29, 1.82) is 0 Å². The molecule has 0 heterocycles. The molecule has 0 aromatic heterocycles. The fourth-order valence-corrected chi connectivity index (χ4v) is 2.31. The Hall–Kier alpha value is -0.180. The molecule has 0 rings (SSSR count). The van der Waals surface area contributed by atoms with Crippen LogP contribution < -0.4 is 0 Å². The van der Waals surface area contributed by atoms with Gasteiger partial charge in [-0.05, 0) is 20.3 Å². The first-order valence-electron chi connectivity index (χ1n) is 4.45. The number of carboxylic acids is 1. The van der Waals surface area contributed by atoms with E-state index in [9.17, 15) is 4.79 Å². The van der Waals surface area contributed by atoms with Gasteiger partial charge in [-0.25, -0.2) is 0 Å². The third kappa shape index (κ3) is 4.55. The van der Waals surface area contributed by atoms with Crippen LogP contribution in [0.4, 0.5) is 0 Å². The van der Waals surface area contributed by atoms with E-state index >= 15 is 0 Å². The van der Waals surface area contributed by atoms with Crippen molar-refractivity contribution in [1.82, 2.24) is 0 Å². The van der Waals surface area contributed by atoms with Gasteiger partial charge in [-0.3, -0.25) is 4.79 Å². The lowest BCUT2D eigenvalue weighted by Gasteiger charge is -2.20. The van der Waals surface area contributed by atoms with Crippen LogP contribution in [0.5, 0.6) is 0 Å². The Labute approximate surface area is 80.1 Å². The second-order valence-corrected chi connectivity index (χ2v) is 4.09. The van der Waals surface area contributed by atoms with Gasteiger partial charge in [-0.1, -0.05) is 6.92 Å². The van der Waals surface area contributed by atoms with E-state index in [4.69, 9.17) is 14.2 Å². The molecule has 78 valence electrons. The van der Waals surface area contributed by atoms with Gasteiger partial charge in [0.15, 0.2) is 8.38 Å². The van der Waals surface area contributed by atoms with E-state index in [0.717, 1.165) is 0 Å². The molecule has 0 fully saturated rings. The van der Waals surface area contributed by atoms with Gasteiger partial charge in [0, 0.05) is 0 Å². The lowest BCUT2D eigenvalue weighted by molar-refractivity contribution is -0.136. The van der Waals surface area contributed by atoms with E-state index in [0.29, 0.717) is 19.6 Å². The van der Waals surface area contributed by atoms with Gasteiger partial charge >= 0.3 is 5.97 Å². The van der Waals surface area contributed by atoms with E-state index in [1.165, 1.54) is 0 Å². The largest absolute Gasteiger partial charge is 0.481 e. The van der Waals surface area contributed by atoms with E-state index in [1.807, 2.05) is 20.8 Å². The fraction of sp³-hybridized carbons (Fsp3) is 0.875. The van der Waals surface area contributed by atoms with Crippen LogP contribution in [0.25, 0.3) is 0 Å². The summed E-state index contributed by atoms with van der Waals surface area (Å²) in [5, 5.41) is 8.85. The van der Waals surface area contributed by atoms with Crippen molar-refractivity contribution >= 4 is 14.3 Å². The summed E-state index contributed by atoms with van der Waals surface area (Å²) >= 11 is 0. The first kappa shape index (κ1) is 12.8. The predicted molar refractivity (Wildman–Crippen MR) is 51.9 cm³/mol. The van der Waals surface area contributed by atoms with Crippen LogP contribution in [0.3, 0.4) is 0 Å². The summed E-state index contributed by atoms with van der Waals surface area (Å²) in [6.07, 6.45) is 0.543. The summed E-state index contributed by atoms with van der Waals surface area (Å²) in [7, 11) is -1.26. The standard InChI is InChI=1S/C8H17O4P/c1-4-7(8(9)10)13(11-5-2)12-6-3/h7H,4-6H2,1-3H3,(H,9,10). The number of aliphatic carboxylic acids is 1. The van der Waals surface area contributed by atoms with Gasteiger partial charge in [0.1, 0.15) is 5.66 Å². The zero-order chi connectivity index (χ0) is 10.3. The maximum absolute atomic E-state index is 10.8. The minimum atomic E-state index is -1.26.